The number of rotatable bonds is 6. The van der Waals surface area contributed by atoms with Gasteiger partial charge in [0.15, 0.2) is 5.82 Å². The molecule has 2 N–H and O–H groups in total. The highest BCUT2D eigenvalue weighted by molar-refractivity contribution is 5.72. The van der Waals surface area contributed by atoms with Gasteiger partial charge in [0, 0.05) is 25.7 Å². The standard InChI is InChI=1S/C28H34F2N8/c1-15-14-37(10-9-36(15)4)22-13-32-28(35-27(22)31)38(23-11-20(18-5-6-18)25(29)16(2)33-23)24-12-21(19-7-8-19)26(30)17(3)34-24/h11-13,15,18-19H,5-10,14H2,1-4H3,(H2,31,32,35)/t15-/m0/s1. The van der Waals surface area contributed by atoms with E-state index in [0.717, 1.165) is 51.0 Å². The molecule has 38 heavy (non-hydrogen) atoms. The summed E-state index contributed by atoms with van der Waals surface area (Å²) in [5, 5.41) is 0. The lowest BCUT2D eigenvalue weighted by molar-refractivity contribution is 0.234. The molecule has 2 saturated carbocycles. The molecule has 1 aliphatic heterocycles. The van der Waals surface area contributed by atoms with Crippen molar-refractivity contribution in [3.8, 4) is 0 Å². The molecule has 0 amide bonds. The summed E-state index contributed by atoms with van der Waals surface area (Å²) in [7, 11) is 2.12. The second kappa shape index (κ2) is 9.41. The van der Waals surface area contributed by atoms with E-state index < -0.39 is 0 Å². The Hall–Kier alpha value is -3.40. The summed E-state index contributed by atoms with van der Waals surface area (Å²) in [4.78, 5) is 24.8. The molecule has 2 aliphatic carbocycles. The smallest absolute Gasteiger partial charge is 0.239 e. The molecule has 0 aromatic carbocycles. The van der Waals surface area contributed by atoms with Crippen LogP contribution in [0.15, 0.2) is 18.3 Å². The Labute approximate surface area is 221 Å². The number of nitrogens with zero attached hydrogens (tertiary/aromatic N) is 7. The number of anilines is 5. The van der Waals surface area contributed by atoms with E-state index >= 15 is 8.78 Å². The molecule has 3 fully saturated rings. The Morgan fingerprint density at radius 1 is 0.895 bits per heavy atom. The number of nitrogen functional groups attached to an aromatic ring is 1. The predicted molar refractivity (Wildman–Crippen MR) is 144 cm³/mol. The summed E-state index contributed by atoms with van der Waals surface area (Å²) in [6, 6.07) is 3.89. The topological polar surface area (TPSA) is 87.3 Å². The van der Waals surface area contributed by atoms with Crippen LogP contribution in [-0.4, -0.2) is 57.6 Å². The Morgan fingerprint density at radius 3 is 1.92 bits per heavy atom. The number of hydrogen-bond donors (Lipinski definition) is 1. The van der Waals surface area contributed by atoms with E-state index in [2.05, 4.69) is 33.7 Å². The molecule has 0 spiro atoms. The minimum Gasteiger partial charge on any atom is -0.382 e. The third-order valence-electron chi connectivity index (χ3n) is 8.05. The van der Waals surface area contributed by atoms with Crippen LogP contribution in [-0.2, 0) is 0 Å². The van der Waals surface area contributed by atoms with Crippen molar-refractivity contribution in [2.75, 3.05) is 42.2 Å². The second-order valence-corrected chi connectivity index (χ2v) is 11.0. The van der Waals surface area contributed by atoms with Gasteiger partial charge in [0.05, 0.1) is 23.3 Å². The number of aryl methyl sites for hydroxylation is 2. The molecule has 3 aromatic heterocycles. The van der Waals surface area contributed by atoms with Crippen LogP contribution in [0.25, 0.3) is 0 Å². The number of nitrogens with two attached hydrogens (primary N) is 1. The highest BCUT2D eigenvalue weighted by Gasteiger charge is 2.33. The number of halogens is 2. The number of hydrogen-bond acceptors (Lipinski definition) is 8. The lowest BCUT2D eigenvalue weighted by Crippen LogP contribution is -2.50. The highest BCUT2D eigenvalue weighted by atomic mass is 19.1. The van der Waals surface area contributed by atoms with Crippen LogP contribution >= 0.6 is 0 Å². The van der Waals surface area contributed by atoms with Crippen LogP contribution < -0.4 is 15.5 Å². The third-order valence-corrected chi connectivity index (χ3v) is 8.05. The van der Waals surface area contributed by atoms with Crippen molar-refractivity contribution in [3.05, 3.63) is 52.5 Å². The highest BCUT2D eigenvalue weighted by Crippen LogP contribution is 2.46. The van der Waals surface area contributed by atoms with Gasteiger partial charge in [-0.3, -0.25) is 0 Å². The van der Waals surface area contributed by atoms with E-state index in [1.54, 1.807) is 37.1 Å². The first-order valence-electron chi connectivity index (χ1n) is 13.4. The average molecular weight is 521 g/mol. The fraction of sp³-hybridized carbons (Fsp3) is 0.500. The van der Waals surface area contributed by atoms with Crippen LogP contribution in [0.5, 0.6) is 0 Å². The molecule has 4 heterocycles. The van der Waals surface area contributed by atoms with Gasteiger partial charge in [-0.25, -0.2) is 28.6 Å². The van der Waals surface area contributed by atoms with E-state index in [1.807, 2.05) is 0 Å². The second-order valence-electron chi connectivity index (χ2n) is 11.0. The van der Waals surface area contributed by atoms with Gasteiger partial charge in [-0.1, -0.05) is 0 Å². The summed E-state index contributed by atoms with van der Waals surface area (Å²) in [6.45, 7) is 8.06. The Kier molecular flexibility index (Phi) is 6.17. The van der Waals surface area contributed by atoms with E-state index in [1.165, 1.54) is 0 Å². The zero-order valence-electron chi connectivity index (χ0n) is 22.4. The molecule has 8 nitrogen and oxygen atoms in total. The van der Waals surface area contributed by atoms with Gasteiger partial charge in [-0.2, -0.15) is 4.98 Å². The van der Waals surface area contributed by atoms with Crippen molar-refractivity contribution in [1.29, 1.82) is 0 Å². The number of piperazine rings is 1. The summed E-state index contributed by atoms with van der Waals surface area (Å²) in [6.07, 6.45) is 5.52. The number of pyridine rings is 2. The van der Waals surface area contributed by atoms with Crippen molar-refractivity contribution >= 4 is 29.1 Å². The molecule has 0 radical (unpaired) electrons. The van der Waals surface area contributed by atoms with Crippen LogP contribution in [0.4, 0.5) is 37.9 Å². The lowest BCUT2D eigenvalue weighted by atomic mass is 10.1. The maximum Gasteiger partial charge on any atom is 0.239 e. The van der Waals surface area contributed by atoms with Gasteiger partial charge in [0.1, 0.15) is 23.3 Å². The summed E-state index contributed by atoms with van der Waals surface area (Å²) < 4.78 is 30.0. The van der Waals surface area contributed by atoms with Gasteiger partial charge in [-0.05, 0) is 88.6 Å². The van der Waals surface area contributed by atoms with E-state index in [9.17, 15) is 0 Å². The molecular weight excluding hydrogens is 486 g/mol. The van der Waals surface area contributed by atoms with Gasteiger partial charge >= 0.3 is 0 Å². The molecule has 1 atom stereocenters. The largest absolute Gasteiger partial charge is 0.382 e. The Bertz CT molecular complexity index is 1320. The quantitative estimate of drug-likeness (QED) is 0.480. The van der Waals surface area contributed by atoms with Crippen molar-refractivity contribution in [1.82, 2.24) is 24.8 Å². The minimum absolute atomic E-state index is 0.176. The van der Waals surface area contributed by atoms with E-state index in [0.29, 0.717) is 46.0 Å². The molecule has 0 bridgehead atoms. The fourth-order valence-corrected chi connectivity index (χ4v) is 5.26. The number of likely N-dealkylation sites (N-methyl/N-ethyl adjacent to an activating group) is 1. The molecule has 200 valence electrons. The van der Waals surface area contributed by atoms with Crippen LogP contribution in [0.3, 0.4) is 0 Å². The van der Waals surface area contributed by atoms with Crippen molar-refractivity contribution < 1.29 is 8.78 Å². The first-order chi connectivity index (χ1) is 18.2. The van der Waals surface area contributed by atoms with E-state index in [-0.39, 0.29) is 29.4 Å². The van der Waals surface area contributed by atoms with Crippen LogP contribution in [0, 0.1) is 25.5 Å². The van der Waals surface area contributed by atoms with Gasteiger partial charge in [0.25, 0.3) is 0 Å². The maximum absolute atomic E-state index is 15.0. The molecule has 0 unspecified atom stereocenters. The Morgan fingerprint density at radius 2 is 1.45 bits per heavy atom. The maximum atomic E-state index is 15.0. The first kappa shape index (κ1) is 24.9. The summed E-state index contributed by atoms with van der Waals surface area (Å²) in [5.74, 6) is 1.31. The average Bonchev–Trinajstić information content (AvgIpc) is 3.79. The van der Waals surface area contributed by atoms with Crippen molar-refractivity contribution in [2.24, 2.45) is 0 Å². The van der Waals surface area contributed by atoms with Gasteiger partial charge < -0.3 is 15.5 Å². The fourth-order valence-electron chi connectivity index (χ4n) is 5.26. The molecule has 1 saturated heterocycles. The lowest BCUT2D eigenvalue weighted by Gasteiger charge is -2.39. The van der Waals surface area contributed by atoms with Gasteiger partial charge in [-0.15, -0.1) is 0 Å². The molecular formula is C28H34F2N8. The minimum atomic E-state index is -0.280. The number of aromatic nitrogens is 4. The zero-order chi connectivity index (χ0) is 26.7. The zero-order valence-corrected chi connectivity index (χ0v) is 22.4. The van der Waals surface area contributed by atoms with E-state index in [4.69, 9.17) is 15.7 Å². The summed E-state index contributed by atoms with van der Waals surface area (Å²) in [5.41, 5.74) is 9.16. The summed E-state index contributed by atoms with van der Waals surface area (Å²) >= 11 is 0. The molecule has 6 rings (SSSR count). The van der Waals surface area contributed by atoms with Crippen molar-refractivity contribution in [3.63, 3.8) is 0 Å². The SMILES string of the molecule is Cc1nc(N(c2cc(C3CC3)c(F)c(C)n2)c2ncc(N3CCN(C)[C@@H](C)C3)c(N)n2)cc(C2CC2)c1F. The first-order valence-corrected chi connectivity index (χ1v) is 13.4. The Balaban J connectivity index is 1.46. The van der Waals surface area contributed by atoms with Crippen molar-refractivity contribution in [2.45, 2.75) is 64.3 Å². The third kappa shape index (κ3) is 4.55. The molecule has 10 heteroatoms. The molecule has 3 aliphatic rings. The predicted octanol–water partition coefficient (Wildman–Crippen LogP) is 5.11. The normalized spacial score (nSPS) is 20.2. The van der Waals surface area contributed by atoms with Crippen LogP contribution in [0.2, 0.25) is 0 Å². The monoisotopic (exact) mass is 520 g/mol. The van der Waals surface area contributed by atoms with Crippen LogP contribution in [0.1, 0.15) is 67.0 Å². The van der Waals surface area contributed by atoms with Gasteiger partial charge in [0.2, 0.25) is 5.95 Å². The molecule has 3 aromatic rings.